The van der Waals surface area contributed by atoms with Crippen molar-refractivity contribution >= 4 is 17.6 Å². The van der Waals surface area contributed by atoms with Gasteiger partial charge in [-0.15, -0.1) is 0 Å². The third-order valence-electron chi connectivity index (χ3n) is 4.37. The summed E-state index contributed by atoms with van der Waals surface area (Å²) in [4.78, 5) is 49.0. The van der Waals surface area contributed by atoms with Crippen molar-refractivity contribution in [2.45, 2.75) is 20.8 Å². The van der Waals surface area contributed by atoms with Gasteiger partial charge in [-0.3, -0.25) is 18.7 Å². The van der Waals surface area contributed by atoms with Crippen molar-refractivity contribution < 1.29 is 23.8 Å². The van der Waals surface area contributed by atoms with E-state index in [1.165, 1.54) is 26.2 Å². The quantitative estimate of drug-likeness (QED) is 0.460. The number of nitrogens with two attached hydrogens (primary N) is 1. The molecule has 2 aromatic rings. The van der Waals surface area contributed by atoms with Crippen LogP contribution in [0.3, 0.4) is 0 Å². The molecule has 0 aliphatic heterocycles. The van der Waals surface area contributed by atoms with Gasteiger partial charge >= 0.3 is 11.7 Å². The van der Waals surface area contributed by atoms with Crippen molar-refractivity contribution in [2.24, 2.45) is 20.0 Å². The molecule has 168 valence electrons. The second-order valence-electron chi connectivity index (χ2n) is 7.26. The summed E-state index contributed by atoms with van der Waals surface area (Å²) < 4.78 is 18.0. The molecule has 0 aliphatic carbocycles. The van der Waals surface area contributed by atoms with E-state index in [0.29, 0.717) is 30.6 Å². The number of esters is 1. The van der Waals surface area contributed by atoms with E-state index < -0.39 is 35.2 Å². The Hall–Kier alpha value is -3.56. The van der Waals surface area contributed by atoms with E-state index in [-0.39, 0.29) is 11.4 Å². The first kappa shape index (κ1) is 23.7. The lowest BCUT2D eigenvalue weighted by atomic mass is 10.2. The largest absolute Gasteiger partial charge is 0.490 e. The van der Waals surface area contributed by atoms with Gasteiger partial charge < -0.3 is 19.9 Å². The van der Waals surface area contributed by atoms with Gasteiger partial charge in [0.15, 0.2) is 18.1 Å². The normalized spacial score (nSPS) is 10.8. The van der Waals surface area contributed by atoms with Crippen LogP contribution in [0.25, 0.3) is 0 Å². The number of hydrogen-bond acceptors (Lipinski definition) is 8. The Kier molecular flexibility index (Phi) is 7.62. The van der Waals surface area contributed by atoms with Crippen LogP contribution in [-0.2, 0) is 18.8 Å². The summed E-state index contributed by atoms with van der Waals surface area (Å²) in [6, 6.07) is 4.54. The molecular weight excluding hydrogens is 406 g/mol. The van der Waals surface area contributed by atoms with Crippen LogP contribution in [0, 0.1) is 5.92 Å². The van der Waals surface area contributed by atoms with Gasteiger partial charge in [0.2, 0.25) is 5.78 Å². The van der Waals surface area contributed by atoms with Gasteiger partial charge in [0.05, 0.1) is 18.8 Å². The number of carbonyl (C=O) groups is 2. The van der Waals surface area contributed by atoms with Gasteiger partial charge in [0.1, 0.15) is 11.4 Å². The summed E-state index contributed by atoms with van der Waals surface area (Å²) in [5.41, 5.74) is 3.96. The number of carbonyl (C=O) groups excluding carboxylic acids is 2. The Morgan fingerprint density at radius 2 is 1.74 bits per heavy atom. The fraction of sp³-hybridized carbons (Fsp3) is 0.429. The standard InChI is InChI=1S/C21H27N3O7/c1-6-29-16-9-13(7-8-15(16)30-10-12(2)3)20(27)31-11-14(25)17-18(22)23(4)21(28)24(5)19(17)26/h7-9,12H,6,10-11,22H2,1-5H3. The molecule has 0 aliphatic rings. The summed E-state index contributed by atoms with van der Waals surface area (Å²) in [6.07, 6.45) is 0. The summed E-state index contributed by atoms with van der Waals surface area (Å²) in [7, 11) is 2.56. The zero-order valence-electron chi connectivity index (χ0n) is 18.3. The SMILES string of the molecule is CCOc1cc(C(=O)OCC(=O)c2c(N)n(C)c(=O)n(C)c2=O)ccc1OCC(C)C. The summed E-state index contributed by atoms with van der Waals surface area (Å²) in [5.74, 6) is -0.721. The molecule has 0 unspecified atom stereocenters. The van der Waals surface area contributed by atoms with Crippen molar-refractivity contribution in [3.8, 4) is 11.5 Å². The number of aromatic nitrogens is 2. The molecule has 0 amide bonds. The first-order chi connectivity index (χ1) is 14.6. The van der Waals surface area contributed by atoms with Gasteiger partial charge in [0.25, 0.3) is 5.56 Å². The average molecular weight is 433 g/mol. The lowest BCUT2D eigenvalue weighted by Crippen LogP contribution is -2.42. The van der Waals surface area contributed by atoms with Crippen molar-refractivity contribution in [3.63, 3.8) is 0 Å². The molecule has 31 heavy (non-hydrogen) atoms. The van der Waals surface area contributed by atoms with Gasteiger partial charge in [0, 0.05) is 14.1 Å². The fourth-order valence-electron chi connectivity index (χ4n) is 2.69. The van der Waals surface area contributed by atoms with E-state index in [0.717, 1.165) is 9.13 Å². The van der Waals surface area contributed by atoms with Gasteiger partial charge in [-0.25, -0.2) is 9.59 Å². The van der Waals surface area contributed by atoms with Crippen LogP contribution in [0.4, 0.5) is 5.82 Å². The van der Waals surface area contributed by atoms with Gasteiger partial charge in [-0.05, 0) is 31.0 Å². The van der Waals surface area contributed by atoms with Crippen LogP contribution in [0.5, 0.6) is 11.5 Å². The predicted octanol–water partition coefficient (Wildman–Crippen LogP) is 1.14. The molecule has 0 radical (unpaired) electrons. The highest BCUT2D eigenvalue weighted by Gasteiger charge is 2.22. The zero-order chi connectivity index (χ0) is 23.3. The Bertz CT molecular complexity index is 1100. The lowest BCUT2D eigenvalue weighted by Gasteiger charge is -2.14. The molecule has 1 heterocycles. The van der Waals surface area contributed by atoms with Crippen LogP contribution in [0.2, 0.25) is 0 Å². The number of anilines is 1. The second kappa shape index (κ2) is 9.96. The number of rotatable bonds is 9. The van der Waals surface area contributed by atoms with E-state index in [9.17, 15) is 19.2 Å². The number of ether oxygens (including phenoxy) is 3. The molecule has 0 spiro atoms. The highest BCUT2D eigenvalue weighted by Crippen LogP contribution is 2.29. The molecule has 1 aromatic heterocycles. The van der Waals surface area contributed by atoms with E-state index in [1.807, 2.05) is 13.8 Å². The maximum atomic E-state index is 12.5. The minimum atomic E-state index is -0.855. The second-order valence-corrected chi connectivity index (χ2v) is 7.26. The number of Topliss-reactive ketones (excluding diaryl/α,β-unsaturated/α-hetero) is 1. The minimum Gasteiger partial charge on any atom is -0.490 e. The van der Waals surface area contributed by atoms with Crippen molar-refractivity contribution in [1.82, 2.24) is 9.13 Å². The molecule has 0 atom stereocenters. The van der Waals surface area contributed by atoms with Crippen LogP contribution >= 0.6 is 0 Å². The van der Waals surface area contributed by atoms with E-state index in [4.69, 9.17) is 19.9 Å². The molecule has 0 saturated carbocycles. The summed E-state index contributed by atoms with van der Waals surface area (Å²) in [6.45, 7) is 5.94. The monoisotopic (exact) mass is 433 g/mol. The van der Waals surface area contributed by atoms with E-state index in [1.54, 1.807) is 13.0 Å². The topological polar surface area (TPSA) is 132 Å². The molecule has 0 fully saturated rings. The molecule has 0 bridgehead atoms. The van der Waals surface area contributed by atoms with Crippen LogP contribution in [0.1, 0.15) is 41.5 Å². The minimum absolute atomic E-state index is 0.148. The fourth-order valence-corrected chi connectivity index (χ4v) is 2.69. The van der Waals surface area contributed by atoms with Crippen molar-refractivity contribution in [1.29, 1.82) is 0 Å². The highest BCUT2D eigenvalue weighted by atomic mass is 16.5. The summed E-state index contributed by atoms with van der Waals surface area (Å²) in [5, 5.41) is 0. The number of nitrogens with zero attached hydrogens (tertiary/aromatic N) is 2. The third-order valence-corrected chi connectivity index (χ3v) is 4.37. The predicted molar refractivity (Wildman–Crippen MR) is 114 cm³/mol. The molecule has 0 saturated heterocycles. The Morgan fingerprint density at radius 1 is 1.06 bits per heavy atom. The van der Waals surface area contributed by atoms with Crippen LogP contribution in [-0.4, -0.2) is 40.7 Å². The van der Waals surface area contributed by atoms with E-state index in [2.05, 4.69) is 0 Å². The first-order valence-corrected chi connectivity index (χ1v) is 9.73. The molecular formula is C21H27N3O7. The summed E-state index contributed by atoms with van der Waals surface area (Å²) >= 11 is 0. The Morgan fingerprint density at radius 3 is 2.35 bits per heavy atom. The molecule has 2 N–H and O–H groups in total. The average Bonchev–Trinajstić information content (AvgIpc) is 2.74. The molecule has 2 rings (SSSR count). The number of benzene rings is 1. The number of hydrogen-bond donors (Lipinski definition) is 1. The van der Waals surface area contributed by atoms with Crippen molar-refractivity contribution in [3.05, 3.63) is 50.2 Å². The Balaban J connectivity index is 2.19. The van der Waals surface area contributed by atoms with Gasteiger partial charge in [-0.1, -0.05) is 13.8 Å². The molecule has 10 heteroatoms. The van der Waals surface area contributed by atoms with E-state index >= 15 is 0 Å². The number of nitrogen functional groups attached to an aromatic ring is 1. The molecule has 10 nitrogen and oxygen atoms in total. The van der Waals surface area contributed by atoms with Crippen molar-refractivity contribution in [2.75, 3.05) is 25.6 Å². The zero-order valence-corrected chi connectivity index (χ0v) is 18.3. The smallest absolute Gasteiger partial charge is 0.338 e. The maximum absolute atomic E-state index is 12.5. The molecule has 1 aromatic carbocycles. The Labute approximate surface area is 179 Å². The third kappa shape index (κ3) is 5.33. The number of ketones is 1. The highest BCUT2D eigenvalue weighted by molar-refractivity contribution is 6.02. The first-order valence-electron chi connectivity index (χ1n) is 9.73. The van der Waals surface area contributed by atoms with Gasteiger partial charge in [-0.2, -0.15) is 0 Å². The lowest BCUT2D eigenvalue weighted by molar-refractivity contribution is 0.0473. The van der Waals surface area contributed by atoms with Crippen LogP contribution in [0.15, 0.2) is 27.8 Å². The van der Waals surface area contributed by atoms with Crippen LogP contribution < -0.4 is 26.5 Å². The maximum Gasteiger partial charge on any atom is 0.338 e.